The lowest BCUT2D eigenvalue weighted by atomic mass is 10.1. The van der Waals surface area contributed by atoms with Crippen LogP contribution in [0.3, 0.4) is 0 Å². The molecule has 0 radical (unpaired) electrons. The van der Waals surface area contributed by atoms with Crippen LogP contribution in [0.1, 0.15) is 42.1 Å². The highest BCUT2D eigenvalue weighted by atomic mass is 32.1. The van der Waals surface area contributed by atoms with Crippen molar-refractivity contribution in [3.05, 3.63) is 67.9 Å². The second-order valence-electron chi connectivity index (χ2n) is 7.53. The fraction of sp³-hybridized carbons (Fsp3) is 0.273. The summed E-state index contributed by atoms with van der Waals surface area (Å²) in [5.41, 5.74) is 0.882. The van der Waals surface area contributed by atoms with Crippen molar-refractivity contribution in [2.45, 2.75) is 40.1 Å². The first-order chi connectivity index (χ1) is 16.0. The lowest BCUT2D eigenvalue weighted by molar-refractivity contribution is -0.137. The van der Waals surface area contributed by atoms with Gasteiger partial charge in [-0.3, -0.25) is 4.68 Å². The molecule has 0 amide bonds. The highest BCUT2D eigenvalue weighted by molar-refractivity contribution is 7.15. The van der Waals surface area contributed by atoms with E-state index < -0.39 is 17.7 Å². The number of thiazole rings is 2. The van der Waals surface area contributed by atoms with Crippen LogP contribution in [0.4, 0.5) is 13.2 Å². The standard InChI is InChI=1S/C22H19F3N4O3S2/c1-11-19(34-13(3)27-11)10-32-17-5-14(4-16(6-17)22(23,24)25)20-28-18(12(2)33-20)9-29-8-15(7-26-29)21(30)31/h4-8H,9-10H2,1-3H3,(H,30,31). The number of rotatable bonds is 7. The number of hydrogen-bond acceptors (Lipinski definition) is 7. The van der Waals surface area contributed by atoms with Gasteiger partial charge in [0.1, 0.15) is 17.4 Å². The molecule has 0 spiro atoms. The predicted molar refractivity (Wildman–Crippen MR) is 121 cm³/mol. The van der Waals surface area contributed by atoms with Crippen molar-refractivity contribution in [3.63, 3.8) is 0 Å². The molecule has 0 fully saturated rings. The summed E-state index contributed by atoms with van der Waals surface area (Å²) in [5.74, 6) is -1.01. The number of carbonyl (C=O) groups is 1. The maximum Gasteiger partial charge on any atom is 0.416 e. The monoisotopic (exact) mass is 508 g/mol. The summed E-state index contributed by atoms with van der Waals surface area (Å²) in [4.78, 5) is 21.5. The van der Waals surface area contributed by atoms with Crippen molar-refractivity contribution >= 4 is 28.6 Å². The predicted octanol–water partition coefficient (Wildman–Crippen LogP) is 5.73. The van der Waals surface area contributed by atoms with Gasteiger partial charge >= 0.3 is 12.1 Å². The lowest BCUT2D eigenvalue weighted by Crippen LogP contribution is -2.06. The molecule has 0 atom stereocenters. The number of alkyl halides is 3. The Labute approximate surface area is 200 Å². The Balaban J connectivity index is 1.63. The number of nitrogens with zero attached hydrogens (tertiary/aromatic N) is 4. The molecule has 1 aromatic carbocycles. The van der Waals surface area contributed by atoms with E-state index in [0.29, 0.717) is 10.7 Å². The first-order valence-corrected chi connectivity index (χ1v) is 11.6. The summed E-state index contributed by atoms with van der Waals surface area (Å²) in [7, 11) is 0. The van der Waals surface area contributed by atoms with Gasteiger partial charge in [0.25, 0.3) is 0 Å². The molecule has 4 rings (SSSR count). The van der Waals surface area contributed by atoms with E-state index in [1.807, 2.05) is 13.8 Å². The van der Waals surface area contributed by atoms with Crippen molar-refractivity contribution in [3.8, 4) is 16.3 Å². The number of aryl methyl sites for hydroxylation is 3. The molecular formula is C22H19F3N4O3S2. The second-order valence-corrected chi connectivity index (χ2v) is 10.0. The van der Waals surface area contributed by atoms with Crippen LogP contribution in [0.5, 0.6) is 5.75 Å². The third-order valence-electron chi connectivity index (χ3n) is 4.93. The van der Waals surface area contributed by atoms with Crippen LogP contribution in [-0.4, -0.2) is 30.8 Å². The minimum atomic E-state index is -4.55. The molecule has 0 bridgehead atoms. The van der Waals surface area contributed by atoms with E-state index in [4.69, 9.17) is 9.84 Å². The Morgan fingerprint density at radius 2 is 1.91 bits per heavy atom. The zero-order valence-electron chi connectivity index (χ0n) is 18.3. The molecule has 1 N–H and O–H groups in total. The van der Waals surface area contributed by atoms with Crippen molar-refractivity contribution in [1.82, 2.24) is 19.7 Å². The van der Waals surface area contributed by atoms with Crippen molar-refractivity contribution in [2.24, 2.45) is 0 Å². The van der Waals surface area contributed by atoms with Gasteiger partial charge in [-0.2, -0.15) is 18.3 Å². The molecule has 3 heterocycles. The van der Waals surface area contributed by atoms with Crippen LogP contribution in [0.15, 0.2) is 30.6 Å². The van der Waals surface area contributed by atoms with Gasteiger partial charge in [-0.05, 0) is 39.0 Å². The molecule has 7 nitrogen and oxygen atoms in total. The smallest absolute Gasteiger partial charge is 0.416 e. The topological polar surface area (TPSA) is 90.1 Å². The van der Waals surface area contributed by atoms with Gasteiger partial charge in [0, 0.05) is 16.6 Å². The first kappa shape index (κ1) is 23.9. The molecule has 12 heteroatoms. The lowest BCUT2D eigenvalue weighted by Gasteiger charge is -2.12. The van der Waals surface area contributed by atoms with E-state index in [0.717, 1.165) is 32.6 Å². The molecule has 34 heavy (non-hydrogen) atoms. The molecule has 4 aromatic rings. The average Bonchev–Trinajstić information content (AvgIpc) is 3.45. The van der Waals surface area contributed by atoms with Crippen LogP contribution >= 0.6 is 22.7 Å². The van der Waals surface area contributed by atoms with E-state index in [1.165, 1.54) is 45.8 Å². The number of ether oxygens (including phenoxy) is 1. The molecule has 0 saturated carbocycles. The summed E-state index contributed by atoms with van der Waals surface area (Å²) >= 11 is 2.69. The molecule has 0 aliphatic rings. The van der Waals surface area contributed by atoms with Crippen LogP contribution in [0, 0.1) is 20.8 Å². The zero-order valence-corrected chi connectivity index (χ0v) is 19.9. The van der Waals surface area contributed by atoms with Gasteiger partial charge in [0.05, 0.1) is 45.1 Å². The van der Waals surface area contributed by atoms with Crippen LogP contribution in [-0.2, 0) is 19.3 Å². The highest BCUT2D eigenvalue weighted by Gasteiger charge is 2.32. The molecule has 0 saturated heterocycles. The first-order valence-electron chi connectivity index (χ1n) is 10.00. The van der Waals surface area contributed by atoms with E-state index in [1.54, 1.807) is 6.92 Å². The number of benzene rings is 1. The summed E-state index contributed by atoms with van der Waals surface area (Å²) in [5, 5.41) is 14.3. The van der Waals surface area contributed by atoms with E-state index in [-0.39, 0.29) is 30.0 Å². The van der Waals surface area contributed by atoms with Crippen molar-refractivity contribution in [2.75, 3.05) is 0 Å². The molecule has 0 aliphatic carbocycles. The number of carboxylic acid groups (broad SMARTS) is 1. The van der Waals surface area contributed by atoms with E-state index in [9.17, 15) is 18.0 Å². The largest absolute Gasteiger partial charge is 0.488 e. The third kappa shape index (κ3) is 5.28. The van der Waals surface area contributed by atoms with E-state index >= 15 is 0 Å². The number of aromatic carboxylic acids is 1. The fourth-order valence-electron chi connectivity index (χ4n) is 3.24. The maximum absolute atomic E-state index is 13.6. The number of carboxylic acids is 1. The van der Waals surface area contributed by atoms with E-state index in [2.05, 4.69) is 15.1 Å². The van der Waals surface area contributed by atoms with Gasteiger partial charge in [0.15, 0.2) is 0 Å². The Hall–Kier alpha value is -3.25. The second kappa shape index (κ2) is 9.18. The molecule has 178 valence electrons. The number of halogens is 3. The number of hydrogen-bond donors (Lipinski definition) is 1. The summed E-state index contributed by atoms with van der Waals surface area (Å²) in [6, 6.07) is 3.57. The normalized spacial score (nSPS) is 11.7. The third-order valence-corrected chi connectivity index (χ3v) is 7.04. The molecular weight excluding hydrogens is 489 g/mol. The SMILES string of the molecule is Cc1nc(C)c(COc2cc(-c3nc(Cn4cc(C(=O)O)cn4)c(C)s3)cc(C(F)(F)F)c2)s1. The average molecular weight is 509 g/mol. The van der Waals surface area contributed by atoms with Gasteiger partial charge in [-0.25, -0.2) is 14.8 Å². The summed E-state index contributed by atoms with van der Waals surface area (Å²) in [6.07, 6.45) is -1.95. The quantitative estimate of drug-likeness (QED) is 0.343. The van der Waals surface area contributed by atoms with Crippen LogP contribution in [0.2, 0.25) is 0 Å². The summed E-state index contributed by atoms with van der Waals surface area (Å²) in [6.45, 7) is 5.81. The van der Waals surface area contributed by atoms with Gasteiger partial charge < -0.3 is 9.84 Å². The van der Waals surface area contributed by atoms with Gasteiger partial charge in [-0.1, -0.05) is 0 Å². The van der Waals surface area contributed by atoms with Gasteiger partial charge in [0.2, 0.25) is 0 Å². The molecule has 3 aromatic heterocycles. The van der Waals surface area contributed by atoms with Crippen LogP contribution < -0.4 is 4.74 Å². The Morgan fingerprint density at radius 1 is 1.15 bits per heavy atom. The number of aromatic nitrogens is 4. The maximum atomic E-state index is 13.6. The molecule has 0 unspecified atom stereocenters. The fourth-order valence-corrected chi connectivity index (χ4v) is 5.00. The zero-order chi connectivity index (χ0) is 24.6. The molecule has 0 aliphatic heterocycles. The summed E-state index contributed by atoms with van der Waals surface area (Å²) < 4.78 is 47.9. The van der Waals surface area contributed by atoms with Crippen molar-refractivity contribution in [1.29, 1.82) is 0 Å². The highest BCUT2D eigenvalue weighted by Crippen LogP contribution is 2.38. The minimum Gasteiger partial charge on any atom is -0.488 e. The Kier molecular flexibility index (Phi) is 6.45. The van der Waals surface area contributed by atoms with Crippen LogP contribution in [0.25, 0.3) is 10.6 Å². The Morgan fingerprint density at radius 3 is 2.53 bits per heavy atom. The van der Waals surface area contributed by atoms with Crippen molar-refractivity contribution < 1.29 is 27.8 Å². The van der Waals surface area contributed by atoms with Gasteiger partial charge in [-0.15, -0.1) is 22.7 Å². The Bertz CT molecular complexity index is 1360. The minimum absolute atomic E-state index is 0.0409.